The van der Waals surface area contributed by atoms with Gasteiger partial charge in [-0.15, -0.1) is 11.3 Å². The molecule has 18 heavy (non-hydrogen) atoms. The second-order valence-electron chi connectivity index (χ2n) is 4.07. The van der Waals surface area contributed by atoms with Crippen molar-refractivity contribution in [2.75, 3.05) is 19.8 Å². The highest BCUT2D eigenvalue weighted by Crippen LogP contribution is 2.22. The van der Waals surface area contributed by atoms with Gasteiger partial charge in [0.25, 0.3) is 5.91 Å². The van der Waals surface area contributed by atoms with E-state index in [9.17, 15) is 14.0 Å². The summed E-state index contributed by atoms with van der Waals surface area (Å²) in [5.41, 5.74) is 6.02. The van der Waals surface area contributed by atoms with Crippen LogP contribution >= 0.6 is 11.3 Å². The topological polar surface area (TPSA) is 76.3 Å². The number of thiazole rings is 1. The van der Waals surface area contributed by atoms with Crippen LogP contribution in [0.5, 0.6) is 0 Å². The smallest absolute Gasteiger partial charge is 0.277 e. The lowest BCUT2D eigenvalue weighted by Crippen LogP contribution is -2.33. The number of nitrogens with zero attached hydrogens (tertiary/aromatic N) is 2. The molecule has 0 spiro atoms. The van der Waals surface area contributed by atoms with E-state index in [-0.39, 0.29) is 12.3 Å². The van der Waals surface area contributed by atoms with Gasteiger partial charge in [-0.25, -0.2) is 4.98 Å². The molecule has 0 saturated carbocycles. The minimum atomic E-state index is -0.624. The Bertz CT molecular complexity index is 449. The normalized spacial score (nSPS) is 15.1. The summed E-state index contributed by atoms with van der Waals surface area (Å²) in [4.78, 5) is 29.5. The van der Waals surface area contributed by atoms with Crippen molar-refractivity contribution < 1.29 is 14.0 Å². The lowest BCUT2D eigenvalue weighted by atomic mass is 10.2. The first kappa shape index (κ1) is 12.9. The van der Waals surface area contributed by atoms with Crippen LogP contribution in [0.4, 0.5) is 4.39 Å². The molecule has 0 aliphatic carbocycles. The van der Waals surface area contributed by atoms with Crippen molar-refractivity contribution in [2.24, 2.45) is 5.73 Å². The fourth-order valence-electron chi connectivity index (χ4n) is 1.96. The minimum absolute atomic E-state index is 0.0619. The number of rotatable bonds is 3. The van der Waals surface area contributed by atoms with E-state index in [2.05, 4.69) is 4.98 Å². The number of aromatic nitrogens is 1. The van der Waals surface area contributed by atoms with Crippen molar-refractivity contribution in [2.45, 2.75) is 19.3 Å². The molecule has 2 heterocycles. The molecule has 1 aromatic heterocycles. The Morgan fingerprint density at radius 2 is 2.11 bits per heavy atom. The molecule has 0 fully saturated rings. The van der Waals surface area contributed by atoms with Crippen molar-refractivity contribution in [1.29, 1.82) is 0 Å². The Morgan fingerprint density at radius 1 is 1.39 bits per heavy atom. The summed E-state index contributed by atoms with van der Waals surface area (Å²) in [6.07, 6.45) is 1.18. The summed E-state index contributed by atoms with van der Waals surface area (Å²) in [5.74, 6) is -0.679. The second-order valence-corrected chi connectivity index (χ2v) is 5.16. The molecule has 5 nitrogen and oxygen atoms in total. The molecule has 2 amide bonds. The predicted molar refractivity (Wildman–Crippen MR) is 65.2 cm³/mol. The number of primary amides is 1. The number of hydrogen-bond acceptors (Lipinski definition) is 4. The molecule has 2 N–H and O–H groups in total. The van der Waals surface area contributed by atoms with Gasteiger partial charge >= 0.3 is 0 Å². The van der Waals surface area contributed by atoms with E-state index in [4.69, 9.17) is 5.73 Å². The van der Waals surface area contributed by atoms with E-state index >= 15 is 0 Å². The zero-order valence-electron chi connectivity index (χ0n) is 9.82. The zero-order valence-corrected chi connectivity index (χ0v) is 10.6. The number of carbonyl (C=O) groups is 2. The van der Waals surface area contributed by atoms with Crippen LogP contribution in [0, 0.1) is 0 Å². The van der Waals surface area contributed by atoms with Gasteiger partial charge in [0.05, 0.1) is 18.8 Å². The summed E-state index contributed by atoms with van der Waals surface area (Å²) in [6, 6.07) is 0. The minimum Gasteiger partial charge on any atom is -0.364 e. The Morgan fingerprint density at radius 3 is 2.78 bits per heavy atom. The highest BCUT2D eigenvalue weighted by Gasteiger charge is 2.22. The summed E-state index contributed by atoms with van der Waals surface area (Å²) in [6.45, 7) is 0.446. The quantitative estimate of drug-likeness (QED) is 0.871. The fourth-order valence-corrected chi connectivity index (χ4v) is 2.91. The van der Waals surface area contributed by atoms with Crippen LogP contribution in [0.15, 0.2) is 0 Å². The van der Waals surface area contributed by atoms with Crippen LogP contribution in [-0.2, 0) is 17.6 Å². The van der Waals surface area contributed by atoms with Crippen LogP contribution in [0.2, 0.25) is 0 Å². The standard InChI is InChI=1S/C11H14FN3O2S/c12-4-1-9(16)15-5-2-7-8(3-6-15)18-11(14-7)10(13)17/h1-6H2,(H2,13,17). The molecule has 1 aromatic rings. The predicted octanol–water partition coefficient (Wildman–Crippen LogP) is 0.529. The molecule has 0 bridgehead atoms. The van der Waals surface area contributed by atoms with Gasteiger partial charge in [0.15, 0.2) is 5.01 Å². The molecule has 7 heteroatoms. The van der Waals surface area contributed by atoms with Gasteiger partial charge < -0.3 is 10.6 Å². The number of halogens is 1. The number of amides is 2. The zero-order chi connectivity index (χ0) is 13.1. The number of nitrogens with two attached hydrogens (primary N) is 1. The highest BCUT2D eigenvalue weighted by atomic mass is 32.1. The molecule has 0 atom stereocenters. The first-order valence-electron chi connectivity index (χ1n) is 5.74. The average Bonchev–Trinajstić information content (AvgIpc) is 2.64. The molecule has 0 aromatic carbocycles. The van der Waals surface area contributed by atoms with Crippen LogP contribution < -0.4 is 5.73 Å². The molecule has 98 valence electrons. The maximum atomic E-state index is 12.1. The molecule has 0 unspecified atom stereocenters. The van der Waals surface area contributed by atoms with Crippen molar-refractivity contribution in [3.8, 4) is 0 Å². The van der Waals surface area contributed by atoms with Crippen LogP contribution in [0.3, 0.4) is 0 Å². The molecule has 1 aliphatic heterocycles. The molecule has 1 aliphatic rings. The van der Waals surface area contributed by atoms with Crippen LogP contribution in [-0.4, -0.2) is 41.5 Å². The molecule has 0 radical (unpaired) electrons. The fraction of sp³-hybridized carbons (Fsp3) is 0.545. The van der Waals surface area contributed by atoms with E-state index in [1.807, 2.05) is 0 Å². The Labute approximate surface area is 108 Å². The van der Waals surface area contributed by atoms with Gasteiger partial charge in [0.2, 0.25) is 5.91 Å². The largest absolute Gasteiger partial charge is 0.364 e. The number of hydrogen-bond donors (Lipinski definition) is 1. The Kier molecular flexibility index (Phi) is 3.90. The van der Waals surface area contributed by atoms with Crippen molar-refractivity contribution in [3.63, 3.8) is 0 Å². The maximum absolute atomic E-state index is 12.1. The third-order valence-electron chi connectivity index (χ3n) is 2.88. The van der Waals surface area contributed by atoms with Crippen molar-refractivity contribution in [1.82, 2.24) is 9.88 Å². The third-order valence-corrected chi connectivity index (χ3v) is 4.05. The summed E-state index contributed by atoms with van der Waals surface area (Å²) in [5, 5.41) is 0.323. The van der Waals surface area contributed by atoms with E-state index in [0.29, 0.717) is 30.9 Å². The Hall–Kier alpha value is -1.50. The second kappa shape index (κ2) is 5.43. The van der Waals surface area contributed by atoms with Gasteiger partial charge in [-0.1, -0.05) is 0 Å². The van der Waals surface area contributed by atoms with E-state index < -0.39 is 12.6 Å². The molecule has 0 saturated heterocycles. The van der Waals surface area contributed by atoms with E-state index in [1.54, 1.807) is 4.90 Å². The number of carbonyl (C=O) groups excluding carboxylic acids is 2. The van der Waals surface area contributed by atoms with Gasteiger partial charge in [-0.2, -0.15) is 0 Å². The van der Waals surface area contributed by atoms with Crippen LogP contribution in [0.25, 0.3) is 0 Å². The van der Waals surface area contributed by atoms with Gasteiger partial charge in [-0.3, -0.25) is 14.0 Å². The molecular weight excluding hydrogens is 257 g/mol. The first-order valence-corrected chi connectivity index (χ1v) is 6.55. The lowest BCUT2D eigenvalue weighted by molar-refractivity contribution is -0.131. The monoisotopic (exact) mass is 271 g/mol. The van der Waals surface area contributed by atoms with Crippen molar-refractivity contribution >= 4 is 23.2 Å². The van der Waals surface area contributed by atoms with E-state index in [0.717, 1.165) is 10.6 Å². The number of alkyl halides is 1. The molecule has 2 rings (SSSR count). The summed E-state index contributed by atoms with van der Waals surface area (Å²) < 4.78 is 12.1. The lowest BCUT2D eigenvalue weighted by Gasteiger charge is -2.19. The first-order chi connectivity index (χ1) is 8.61. The van der Waals surface area contributed by atoms with Crippen molar-refractivity contribution in [3.05, 3.63) is 15.6 Å². The van der Waals surface area contributed by atoms with Gasteiger partial charge in [-0.05, 0) is 0 Å². The highest BCUT2D eigenvalue weighted by molar-refractivity contribution is 7.13. The maximum Gasteiger partial charge on any atom is 0.277 e. The summed E-state index contributed by atoms with van der Waals surface area (Å²) >= 11 is 1.29. The number of fused-ring (bicyclic) bond motifs is 1. The molecular formula is C11H14FN3O2S. The average molecular weight is 271 g/mol. The third kappa shape index (κ3) is 2.66. The SMILES string of the molecule is NC(=O)c1nc2c(s1)CCN(C(=O)CCF)CC2. The van der Waals surface area contributed by atoms with Crippen LogP contribution in [0.1, 0.15) is 26.8 Å². The Balaban J connectivity index is 2.07. The summed E-state index contributed by atoms with van der Waals surface area (Å²) in [7, 11) is 0. The van der Waals surface area contributed by atoms with E-state index in [1.165, 1.54) is 11.3 Å². The van der Waals surface area contributed by atoms with Gasteiger partial charge in [0, 0.05) is 30.8 Å². The van der Waals surface area contributed by atoms with Gasteiger partial charge in [0.1, 0.15) is 0 Å².